The first-order chi connectivity index (χ1) is 14.8. The monoisotopic (exact) mass is 449 g/mol. The molecule has 0 spiro atoms. The smallest absolute Gasteiger partial charge is 0.357 e. The number of ether oxygens (including phenoxy) is 1. The Balaban J connectivity index is 2.10. The van der Waals surface area contributed by atoms with Crippen LogP contribution in [0.25, 0.3) is 0 Å². The van der Waals surface area contributed by atoms with Crippen molar-refractivity contribution >= 4 is 10.1 Å². The van der Waals surface area contributed by atoms with Crippen molar-refractivity contribution in [2.75, 3.05) is 13.2 Å². The maximum atomic E-state index is 13.6. The Morgan fingerprint density at radius 1 is 1.19 bits per heavy atom. The summed E-state index contributed by atoms with van der Waals surface area (Å²) >= 11 is 0. The molecule has 0 radical (unpaired) electrons. The van der Waals surface area contributed by atoms with Gasteiger partial charge in [0.25, 0.3) is 0 Å². The van der Waals surface area contributed by atoms with Crippen LogP contribution in [-0.2, 0) is 28.0 Å². The van der Waals surface area contributed by atoms with Gasteiger partial charge in [0, 0.05) is 18.5 Å². The molecule has 0 unspecified atom stereocenters. The van der Waals surface area contributed by atoms with Gasteiger partial charge in [-0.25, -0.2) is 9.37 Å². The number of aromatic nitrogens is 3. The summed E-state index contributed by atoms with van der Waals surface area (Å²) in [5.74, 6) is -0.615. The van der Waals surface area contributed by atoms with E-state index in [-0.39, 0.29) is 43.1 Å². The Morgan fingerprint density at radius 3 is 2.58 bits per heavy atom. The SMILES string of the molecule is CC(C)c1nc(COCCO)n(Cc2ccncc2)c1S(=O)(=O)Oc1cccc(F)c1. The number of nitrogens with zero attached hydrogens (tertiary/aromatic N) is 3. The Hall–Kier alpha value is -2.82. The normalized spacial score (nSPS) is 11.8. The molecule has 0 bridgehead atoms. The fourth-order valence-corrected chi connectivity index (χ4v) is 4.41. The molecule has 0 atom stereocenters. The summed E-state index contributed by atoms with van der Waals surface area (Å²) in [6.45, 7) is 3.73. The van der Waals surface area contributed by atoms with Crippen LogP contribution in [0.4, 0.5) is 4.39 Å². The van der Waals surface area contributed by atoms with Crippen molar-refractivity contribution in [2.24, 2.45) is 0 Å². The second-order valence-corrected chi connectivity index (χ2v) is 8.55. The van der Waals surface area contributed by atoms with Crippen molar-refractivity contribution in [3.05, 3.63) is 71.7 Å². The molecule has 0 aliphatic rings. The van der Waals surface area contributed by atoms with Crippen molar-refractivity contribution < 1.29 is 26.8 Å². The Bertz CT molecular complexity index is 1120. The molecule has 10 heteroatoms. The highest BCUT2D eigenvalue weighted by molar-refractivity contribution is 7.87. The van der Waals surface area contributed by atoms with Crippen LogP contribution in [0.5, 0.6) is 5.75 Å². The number of aliphatic hydroxyl groups is 1. The number of hydrogen-bond donors (Lipinski definition) is 1. The third-order valence-electron chi connectivity index (χ3n) is 4.37. The van der Waals surface area contributed by atoms with Gasteiger partial charge in [0.05, 0.1) is 25.5 Å². The molecule has 8 nitrogen and oxygen atoms in total. The van der Waals surface area contributed by atoms with E-state index in [1.165, 1.54) is 22.8 Å². The number of aliphatic hydroxyl groups excluding tert-OH is 1. The fourth-order valence-electron chi connectivity index (χ4n) is 3.00. The highest BCUT2D eigenvalue weighted by Crippen LogP contribution is 2.29. The van der Waals surface area contributed by atoms with Crippen molar-refractivity contribution in [2.45, 2.75) is 37.9 Å². The third kappa shape index (κ3) is 5.66. The van der Waals surface area contributed by atoms with Crippen LogP contribution in [0.2, 0.25) is 0 Å². The first kappa shape index (κ1) is 22.9. The molecular formula is C21H24FN3O5S. The summed E-state index contributed by atoms with van der Waals surface area (Å²) in [6.07, 6.45) is 3.21. The molecule has 3 aromatic rings. The van der Waals surface area contributed by atoms with E-state index in [0.717, 1.165) is 11.6 Å². The average Bonchev–Trinajstić information content (AvgIpc) is 3.08. The summed E-state index contributed by atoms with van der Waals surface area (Å²) in [6, 6.07) is 8.45. The van der Waals surface area contributed by atoms with Gasteiger partial charge in [0.2, 0.25) is 0 Å². The molecule has 0 saturated carbocycles. The highest BCUT2D eigenvalue weighted by atomic mass is 32.2. The maximum Gasteiger partial charge on any atom is 0.357 e. The lowest BCUT2D eigenvalue weighted by Gasteiger charge is -2.15. The summed E-state index contributed by atoms with van der Waals surface area (Å²) in [5.41, 5.74) is 1.11. The molecule has 0 fully saturated rings. The second kappa shape index (κ2) is 9.99. The molecule has 1 N–H and O–H groups in total. The molecule has 0 amide bonds. The van der Waals surface area contributed by atoms with Crippen LogP contribution in [0.1, 0.15) is 36.8 Å². The lowest BCUT2D eigenvalue weighted by atomic mass is 10.1. The van der Waals surface area contributed by atoms with E-state index >= 15 is 0 Å². The summed E-state index contributed by atoms with van der Waals surface area (Å²) < 4.78 is 52.3. The Kier molecular flexibility index (Phi) is 7.37. The molecule has 0 aliphatic carbocycles. The van der Waals surface area contributed by atoms with E-state index in [0.29, 0.717) is 11.5 Å². The fraction of sp³-hybridized carbons (Fsp3) is 0.333. The van der Waals surface area contributed by atoms with Crippen LogP contribution in [0.15, 0.2) is 53.8 Å². The second-order valence-electron chi connectivity index (χ2n) is 7.09. The van der Waals surface area contributed by atoms with E-state index in [4.69, 9.17) is 14.0 Å². The minimum Gasteiger partial charge on any atom is -0.394 e. The van der Waals surface area contributed by atoms with Gasteiger partial charge in [-0.05, 0) is 35.7 Å². The molecule has 0 aliphatic heterocycles. The zero-order valence-electron chi connectivity index (χ0n) is 17.2. The minimum absolute atomic E-state index is 0.000842. The molecule has 0 saturated heterocycles. The van der Waals surface area contributed by atoms with Crippen molar-refractivity contribution in [1.82, 2.24) is 14.5 Å². The van der Waals surface area contributed by atoms with Crippen molar-refractivity contribution in [3.63, 3.8) is 0 Å². The number of pyridine rings is 1. The molecule has 1 aromatic carbocycles. The van der Waals surface area contributed by atoms with Gasteiger partial charge in [0.1, 0.15) is 24.0 Å². The molecule has 3 rings (SSSR count). The topological polar surface area (TPSA) is 104 Å². The van der Waals surface area contributed by atoms with Crippen molar-refractivity contribution in [1.29, 1.82) is 0 Å². The molecular weight excluding hydrogens is 425 g/mol. The van der Waals surface area contributed by atoms with Gasteiger partial charge in [0.15, 0.2) is 5.03 Å². The third-order valence-corrected chi connectivity index (χ3v) is 5.68. The van der Waals surface area contributed by atoms with Gasteiger partial charge in [-0.2, -0.15) is 8.42 Å². The lowest BCUT2D eigenvalue weighted by Crippen LogP contribution is -2.19. The van der Waals surface area contributed by atoms with E-state index in [9.17, 15) is 12.8 Å². The summed E-state index contributed by atoms with van der Waals surface area (Å²) in [4.78, 5) is 8.49. The van der Waals surface area contributed by atoms with Gasteiger partial charge in [-0.1, -0.05) is 19.9 Å². The molecule has 2 heterocycles. The first-order valence-corrected chi connectivity index (χ1v) is 11.1. The quantitative estimate of drug-likeness (QED) is 0.375. The Morgan fingerprint density at radius 2 is 1.94 bits per heavy atom. The van der Waals surface area contributed by atoms with Gasteiger partial charge in [-0.15, -0.1) is 0 Å². The number of imidazole rings is 1. The zero-order valence-corrected chi connectivity index (χ0v) is 18.0. The van der Waals surface area contributed by atoms with Crippen LogP contribution in [0.3, 0.4) is 0 Å². The highest BCUT2D eigenvalue weighted by Gasteiger charge is 2.31. The number of rotatable bonds is 10. The largest absolute Gasteiger partial charge is 0.394 e. The van der Waals surface area contributed by atoms with Crippen molar-refractivity contribution in [3.8, 4) is 5.75 Å². The lowest BCUT2D eigenvalue weighted by molar-refractivity contribution is 0.0758. The van der Waals surface area contributed by atoms with E-state index < -0.39 is 15.9 Å². The van der Waals surface area contributed by atoms with E-state index in [1.54, 1.807) is 24.5 Å². The first-order valence-electron chi connectivity index (χ1n) is 9.68. The number of hydrogen-bond acceptors (Lipinski definition) is 7. The van der Waals surface area contributed by atoms with Crippen LogP contribution < -0.4 is 4.18 Å². The van der Waals surface area contributed by atoms with Crippen LogP contribution in [0, 0.1) is 5.82 Å². The average molecular weight is 450 g/mol. The van der Waals surface area contributed by atoms with Gasteiger partial charge >= 0.3 is 10.1 Å². The molecule has 31 heavy (non-hydrogen) atoms. The zero-order chi connectivity index (χ0) is 22.4. The minimum atomic E-state index is -4.35. The van der Waals surface area contributed by atoms with Crippen LogP contribution >= 0.6 is 0 Å². The van der Waals surface area contributed by atoms with Gasteiger partial charge < -0.3 is 18.6 Å². The Labute approximate surface area is 180 Å². The van der Waals surface area contributed by atoms with E-state index in [2.05, 4.69) is 9.97 Å². The summed E-state index contributed by atoms with van der Waals surface area (Å²) in [5, 5.41) is 8.89. The van der Waals surface area contributed by atoms with Gasteiger partial charge in [-0.3, -0.25) is 4.98 Å². The van der Waals surface area contributed by atoms with Crippen LogP contribution in [-0.4, -0.2) is 41.3 Å². The predicted molar refractivity (Wildman–Crippen MR) is 111 cm³/mol. The summed E-state index contributed by atoms with van der Waals surface area (Å²) in [7, 11) is -4.35. The predicted octanol–water partition coefficient (Wildman–Crippen LogP) is 2.87. The maximum absolute atomic E-state index is 13.6. The number of halogens is 1. The number of benzene rings is 1. The standard InChI is InChI=1S/C21H24FN3O5S/c1-15(2)20-21(31(27,28)30-18-5-3-4-17(22)12-18)25(13-16-6-8-23-9-7-16)19(24-20)14-29-11-10-26/h3-9,12,15,26H,10-11,13-14H2,1-2H3. The molecule has 166 valence electrons. The van der Waals surface area contributed by atoms with E-state index in [1.807, 2.05) is 13.8 Å². The molecule has 2 aromatic heterocycles.